The van der Waals surface area contributed by atoms with Crippen molar-refractivity contribution in [3.8, 4) is 6.07 Å². The van der Waals surface area contributed by atoms with Gasteiger partial charge in [-0.3, -0.25) is 4.79 Å². The van der Waals surface area contributed by atoms with Crippen molar-refractivity contribution in [3.05, 3.63) is 66.6 Å². The van der Waals surface area contributed by atoms with Gasteiger partial charge in [0.2, 0.25) is 0 Å². The van der Waals surface area contributed by atoms with Gasteiger partial charge in [-0.1, -0.05) is 68.1 Å². The number of nitriles is 1. The Kier molecular flexibility index (Phi) is 8.34. The summed E-state index contributed by atoms with van der Waals surface area (Å²) < 4.78 is 4.85. The van der Waals surface area contributed by atoms with Crippen molar-refractivity contribution in [2.75, 3.05) is 7.11 Å². The van der Waals surface area contributed by atoms with E-state index in [4.69, 9.17) is 4.74 Å². The molecule has 4 heteroatoms. The lowest BCUT2D eigenvalue weighted by Gasteiger charge is -2.52. The number of benzene rings is 1. The van der Waals surface area contributed by atoms with Gasteiger partial charge in [-0.2, -0.15) is 5.26 Å². The number of nitrogens with zero attached hydrogens (tertiary/aromatic N) is 1. The first-order valence-corrected chi connectivity index (χ1v) is 11.0. The number of hydrogen-bond donors (Lipinski definition) is 0. The summed E-state index contributed by atoms with van der Waals surface area (Å²) in [6.07, 6.45) is 10.6. The summed E-state index contributed by atoms with van der Waals surface area (Å²) in [5.74, 6) is 0.179. The molecule has 1 aliphatic rings. The molecule has 0 unspecified atom stereocenters. The van der Waals surface area contributed by atoms with E-state index < -0.39 is 5.41 Å². The predicted octanol–water partition coefficient (Wildman–Crippen LogP) is 6.55. The quantitative estimate of drug-likeness (QED) is 0.211. The van der Waals surface area contributed by atoms with Gasteiger partial charge in [-0.15, -0.1) is 6.58 Å². The Morgan fingerprint density at radius 3 is 2.72 bits per heavy atom. The molecule has 0 aromatic heterocycles. The number of methoxy groups -OCH3 is 1. The Morgan fingerprint density at radius 2 is 2.10 bits per heavy atom. The number of allylic oxidation sites excluding steroid dienone is 4. The first-order chi connectivity index (χ1) is 13.9. The van der Waals surface area contributed by atoms with Crippen LogP contribution in [-0.4, -0.2) is 13.1 Å². The zero-order valence-electron chi connectivity index (χ0n) is 17.6. The fraction of sp³-hybridized carbons (Fsp3) is 0.440. The first-order valence-electron chi connectivity index (χ1n) is 10.1. The van der Waals surface area contributed by atoms with Crippen LogP contribution in [0.15, 0.2) is 71.5 Å². The maximum Gasteiger partial charge on any atom is 0.305 e. The van der Waals surface area contributed by atoms with Crippen LogP contribution in [0.4, 0.5) is 0 Å². The second kappa shape index (κ2) is 10.5. The zero-order chi connectivity index (χ0) is 21.3. The maximum atomic E-state index is 11.8. The van der Waals surface area contributed by atoms with E-state index >= 15 is 0 Å². The Bertz CT molecular complexity index is 795. The molecule has 0 aliphatic heterocycles. The Morgan fingerprint density at radius 1 is 1.38 bits per heavy atom. The Labute approximate surface area is 179 Å². The van der Waals surface area contributed by atoms with Gasteiger partial charge in [0.1, 0.15) is 0 Å². The van der Waals surface area contributed by atoms with Crippen molar-refractivity contribution < 1.29 is 9.53 Å². The van der Waals surface area contributed by atoms with Gasteiger partial charge in [0.15, 0.2) is 0 Å². The summed E-state index contributed by atoms with van der Waals surface area (Å²) in [4.78, 5) is 13.0. The van der Waals surface area contributed by atoms with E-state index in [0.29, 0.717) is 18.8 Å². The van der Waals surface area contributed by atoms with E-state index in [1.807, 2.05) is 47.9 Å². The van der Waals surface area contributed by atoms with Gasteiger partial charge < -0.3 is 4.74 Å². The number of esters is 1. The SMILES string of the molecule is C=C[C@@]1(C)[C@H](C)CC[C@@](C#N)(/C=C/C=C/Sc2ccccc2)[C@@H]1CCC(=O)OC. The Balaban J connectivity index is 2.23. The third-order valence-electron chi connectivity index (χ3n) is 6.47. The smallest absolute Gasteiger partial charge is 0.305 e. The number of carbonyl (C=O) groups excluding carboxylic acids is 1. The molecule has 29 heavy (non-hydrogen) atoms. The van der Waals surface area contributed by atoms with E-state index in [1.165, 1.54) is 12.0 Å². The molecule has 0 radical (unpaired) electrons. The first kappa shape index (κ1) is 23.0. The van der Waals surface area contributed by atoms with Crippen molar-refractivity contribution >= 4 is 17.7 Å². The average Bonchev–Trinajstić information content (AvgIpc) is 2.76. The van der Waals surface area contributed by atoms with Crippen LogP contribution in [0.1, 0.15) is 39.5 Å². The van der Waals surface area contributed by atoms with Crippen molar-refractivity contribution in [1.29, 1.82) is 5.26 Å². The second-order valence-electron chi connectivity index (χ2n) is 7.95. The van der Waals surface area contributed by atoms with Crippen molar-refractivity contribution in [2.45, 2.75) is 44.4 Å². The third-order valence-corrected chi connectivity index (χ3v) is 7.31. The third kappa shape index (κ3) is 5.42. The molecule has 0 bridgehead atoms. The summed E-state index contributed by atoms with van der Waals surface area (Å²) in [6, 6.07) is 12.8. The number of hydrogen-bond acceptors (Lipinski definition) is 4. The molecule has 0 amide bonds. The number of thioether (sulfide) groups is 1. The van der Waals surface area contributed by atoms with Gasteiger partial charge in [0.05, 0.1) is 18.6 Å². The highest BCUT2D eigenvalue weighted by molar-refractivity contribution is 8.02. The van der Waals surface area contributed by atoms with Gasteiger partial charge in [0, 0.05) is 11.3 Å². The lowest BCUT2D eigenvalue weighted by molar-refractivity contribution is -0.141. The average molecular weight is 410 g/mol. The molecule has 1 aromatic carbocycles. The van der Waals surface area contributed by atoms with Crippen LogP contribution in [-0.2, 0) is 9.53 Å². The highest BCUT2D eigenvalue weighted by atomic mass is 32.2. The zero-order valence-corrected chi connectivity index (χ0v) is 18.5. The molecule has 4 atom stereocenters. The van der Waals surface area contributed by atoms with E-state index in [9.17, 15) is 10.1 Å². The molecule has 1 aromatic rings. The Hall–Kier alpha value is -2.25. The summed E-state index contributed by atoms with van der Waals surface area (Å²) >= 11 is 1.64. The number of carbonyl (C=O) groups is 1. The van der Waals surface area contributed by atoms with E-state index in [0.717, 1.165) is 12.8 Å². The molecule has 0 heterocycles. The van der Waals surface area contributed by atoms with E-state index in [-0.39, 0.29) is 17.3 Å². The van der Waals surface area contributed by atoms with Gasteiger partial charge in [-0.25, -0.2) is 0 Å². The molecule has 0 saturated heterocycles. The molecule has 3 nitrogen and oxygen atoms in total. The molecule has 154 valence electrons. The minimum Gasteiger partial charge on any atom is -0.469 e. The highest BCUT2D eigenvalue weighted by Crippen LogP contribution is 2.57. The summed E-state index contributed by atoms with van der Waals surface area (Å²) in [6.45, 7) is 8.47. The lowest BCUT2D eigenvalue weighted by atomic mass is 9.51. The van der Waals surface area contributed by atoms with Crippen LogP contribution < -0.4 is 0 Å². The highest BCUT2D eigenvalue weighted by Gasteiger charge is 2.52. The summed E-state index contributed by atoms with van der Waals surface area (Å²) in [7, 11) is 1.41. The van der Waals surface area contributed by atoms with Crippen molar-refractivity contribution in [1.82, 2.24) is 0 Å². The maximum absolute atomic E-state index is 11.8. The number of rotatable bonds is 8. The normalized spacial score (nSPS) is 29.6. The van der Waals surface area contributed by atoms with Crippen LogP contribution in [0.5, 0.6) is 0 Å². The lowest BCUT2D eigenvalue weighted by Crippen LogP contribution is -2.47. The predicted molar refractivity (Wildman–Crippen MR) is 120 cm³/mol. The largest absolute Gasteiger partial charge is 0.469 e. The molecule has 1 fully saturated rings. The minimum absolute atomic E-state index is 0.00627. The van der Waals surface area contributed by atoms with E-state index in [2.05, 4.69) is 38.6 Å². The minimum atomic E-state index is -0.620. The standard InChI is InChI=1S/C25H31NO2S/c1-5-24(3)20(2)15-17-25(19-26,22(24)13-14-23(27)28-4)16-9-10-18-29-21-11-7-6-8-12-21/h5-12,16,18,20,22H,1,13-15,17H2,2-4H3/b16-9+,18-10+/t20-,22-,24+,25-/m1/s1. The van der Waals surface area contributed by atoms with Crippen LogP contribution in [0.3, 0.4) is 0 Å². The van der Waals surface area contributed by atoms with Crippen LogP contribution >= 0.6 is 11.8 Å². The molecule has 0 spiro atoms. The molecule has 0 N–H and O–H groups in total. The monoisotopic (exact) mass is 409 g/mol. The van der Waals surface area contributed by atoms with Crippen LogP contribution in [0.25, 0.3) is 0 Å². The van der Waals surface area contributed by atoms with Crippen molar-refractivity contribution in [2.24, 2.45) is 22.7 Å². The molecule has 1 saturated carbocycles. The second-order valence-corrected chi connectivity index (χ2v) is 8.93. The molecule has 1 aliphatic carbocycles. The fourth-order valence-corrected chi connectivity index (χ4v) is 5.02. The van der Waals surface area contributed by atoms with Crippen molar-refractivity contribution in [3.63, 3.8) is 0 Å². The van der Waals surface area contributed by atoms with Crippen LogP contribution in [0.2, 0.25) is 0 Å². The topological polar surface area (TPSA) is 50.1 Å². The fourth-order valence-electron chi connectivity index (χ4n) is 4.38. The van der Waals surface area contributed by atoms with Gasteiger partial charge in [-0.05, 0) is 54.1 Å². The summed E-state index contributed by atoms with van der Waals surface area (Å²) in [5.41, 5.74) is -0.833. The number of ether oxygens (including phenoxy) is 1. The molecule has 2 rings (SSSR count). The summed E-state index contributed by atoms with van der Waals surface area (Å²) in [5, 5.41) is 12.2. The van der Waals surface area contributed by atoms with Gasteiger partial charge >= 0.3 is 5.97 Å². The van der Waals surface area contributed by atoms with E-state index in [1.54, 1.807) is 11.8 Å². The van der Waals surface area contributed by atoms with Gasteiger partial charge in [0.25, 0.3) is 0 Å². The molecular formula is C25H31NO2S. The molecular weight excluding hydrogens is 378 g/mol. The van der Waals surface area contributed by atoms with Crippen LogP contribution in [0, 0.1) is 34.0 Å².